The average Bonchev–Trinajstić information content (AvgIpc) is 2.43. The van der Waals surface area contributed by atoms with Gasteiger partial charge in [-0.1, -0.05) is 12.1 Å². The number of aliphatic hydroxyl groups excluding tert-OH is 1. The summed E-state index contributed by atoms with van der Waals surface area (Å²) in [4.78, 5) is 32.9. The molecule has 114 valence electrons. The number of nitrogens with one attached hydrogen (secondary N) is 1. The zero-order valence-corrected chi connectivity index (χ0v) is 11.6. The highest BCUT2D eigenvalue weighted by Crippen LogP contribution is 2.11. The minimum absolute atomic E-state index is 0.180. The molecule has 2 atom stereocenters. The van der Waals surface area contributed by atoms with Gasteiger partial charge in [-0.15, -0.1) is 0 Å². The minimum Gasteiger partial charge on any atom is -0.459 e. The first-order valence-corrected chi connectivity index (χ1v) is 6.17. The fourth-order valence-electron chi connectivity index (χ4n) is 1.47. The number of hydrogen-bond donors (Lipinski definition) is 2. The van der Waals surface area contributed by atoms with Crippen molar-refractivity contribution < 1.29 is 28.6 Å². The summed E-state index contributed by atoms with van der Waals surface area (Å²) in [6.07, 6.45) is -4.42. The number of carbonyl (C=O) groups excluding carboxylic acids is 3. The molecule has 0 fully saturated rings. The fourth-order valence-corrected chi connectivity index (χ4v) is 1.47. The van der Waals surface area contributed by atoms with Crippen LogP contribution in [0.5, 0.6) is 0 Å². The van der Waals surface area contributed by atoms with Crippen molar-refractivity contribution in [2.75, 3.05) is 5.32 Å². The van der Waals surface area contributed by atoms with E-state index in [-0.39, 0.29) is 12.5 Å². The van der Waals surface area contributed by atoms with Crippen LogP contribution in [0.2, 0.25) is 0 Å². The number of carbonyl (C=O) groups is 3. The summed E-state index contributed by atoms with van der Waals surface area (Å²) in [6.45, 7) is 2.13. The van der Waals surface area contributed by atoms with Crippen LogP contribution in [0.1, 0.15) is 19.4 Å². The first-order chi connectivity index (χ1) is 9.81. The third-order valence-corrected chi connectivity index (χ3v) is 2.56. The van der Waals surface area contributed by atoms with Crippen molar-refractivity contribution in [1.82, 2.24) is 0 Å². The summed E-state index contributed by atoms with van der Waals surface area (Å²) in [5.74, 6) is -2.36. The van der Waals surface area contributed by atoms with Crippen LogP contribution in [-0.2, 0) is 25.7 Å². The Morgan fingerprint density at radius 3 is 2.29 bits per heavy atom. The molecule has 1 aromatic rings. The number of hydrogen-bond acceptors (Lipinski definition) is 5. The van der Waals surface area contributed by atoms with Crippen LogP contribution < -0.4 is 5.32 Å². The number of ether oxygens (including phenoxy) is 1. The maximum Gasteiger partial charge on any atom is 0.338 e. The van der Waals surface area contributed by atoms with Gasteiger partial charge in [0.1, 0.15) is 6.61 Å². The van der Waals surface area contributed by atoms with Crippen LogP contribution in [0.4, 0.5) is 10.1 Å². The second kappa shape index (κ2) is 7.49. The Labute approximate surface area is 120 Å². The Balaban J connectivity index is 2.53. The van der Waals surface area contributed by atoms with E-state index in [0.717, 1.165) is 6.92 Å². The van der Waals surface area contributed by atoms with Crippen LogP contribution >= 0.6 is 0 Å². The molecule has 0 spiro atoms. The fraction of sp³-hybridized carbons (Fsp3) is 0.357. The summed E-state index contributed by atoms with van der Waals surface area (Å²) >= 11 is 0. The lowest BCUT2D eigenvalue weighted by Gasteiger charge is -2.12. The maximum atomic E-state index is 13.1. The van der Waals surface area contributed by atoms with Crippen LogP contribution in [0.15, 0.2) is 24.3 Å². The number of rotatable bonds is 6. The molecule has 0 heterocycles. The van der Waals surface area contributed by atoms with Crippen molar-refractivity contribution in [1.29, 1.82) is 0 Å². The van der Waals surface area contributed by atoms with Gasteiger partial charge in [0.05, 0.1) is 0 Å². The molecular formula is C14H16FNO5. The predicted molar refractivity (Wildman–Crippen MR) is 72.1 cm³/mol. The lowest BCUT2D eigenvalue weighted by Crippen LogP contribution is -2.36. The molecule has 0 aliphatic carbocycles. The molecule has 1 amide bonds. The van der Waals surface area contributed by atoms with E-state index in [1.807, 2.05) is 0 Å². The van der Waals surface area contributed by atoms with Crippen LogP contribution in [-0.4, -0.2) is 35.0 Å². The number of Topliss-reactive ketones (excluding diaryl/α,β-unsaturated/α-hetero) is 1. The second-order valence-corrected chi connectivity index (χ2v) is 4.44. The largest absolute Gasteiger partial charge is 0.459 e. The van der Waals surface area contributed by atoms with Crippen molar-refractivity contribution >= 4 is 23.3 Å². The molecule has 0 unspecified atom stereocenters. The van der Waals surface area contributed by atoms with Gasteiger partial charge in [-0.05, 0) is 24.6 Å². The highest BCUT2D eigenvalue weighted by Gasteiger charge is 2.30. The number of halogens is 1. The van der Waals surface area contributed by atoms with E-state index < -0.39 is 24.0 Å². The molecule has 0 saturated carbocycles. The summed E-state index contributed by atoms with van der Waals surface area (Å²) in [6, 6.07) is 6.41. The molecule has 21 heavy (non-hydrogen) atoms. The Morgan fingerprint density at radius 1 is 1.24 bits per heavy atom. The van der Waals surface area contributed by atoms with Gasteiger partial charge in [-0.2, -0.15) is 0 Å². The Morgan fingerprint density at radius 2 is 1.81 bits per heavy atom. The van der Waals surface area contributed by atoms with Gasteiger partial charge in [-0.25, -0.2) is 9.18 Å². The standard InChI is InChI=1S/C14H16FNO5/c1-8(17)12(15)13(19)14(20)21-7-10-3-5-11(6-4-10)16-9(2)18/h3-6,12-13,19H,7H2,1-2H3,(H,16,18)/t12-,13-/m1/s1. The molecule has 0 saturated heterocycles. The molecule has 1 rings (SSSR count). The SMILES string of the molecule is CC(=O)Nc1ccc(COC(=O)[C@H](O)[C@H](F)C(C)=O)cc1. The third-order valence-electron chi connectivity index (χ3n) is 2.56. The van der Waals surface area contributed by atoms with E-state index in [9.17, 15) is 23.9 Å². The number of alkyl halides is 1. The van der Waals surface area contributed by atoms with E-state index in [1.54, 1.807) is 24.3 Å². The van der Waals surface area contributed by atoms with E-state index >= 15 is 0 Å². The van der Waals surface area contributed by atoms with E-state index in [4.69, 9.17) is 4.74 Å². The molecule has 2 N–H and O–H groups in total. The maximum absolute atomic E-state index is 13.1. The molecule has 0 aliphatic heterocycles. The molecule has 7 heteroatoms. The van der Waals surface area contributed by atoms with Gasteiger partial charge in [0.2, 0.25) is 5.91 Å². The van der Waals surface area contributed by atoms with Crippen molar-refractivity contribution in [3.63, 3.8) is 0 Å². The van der Waals surface area contributed by atoms with Crippen LogP contribution in [0.3, 0.4) is 0 Å². The highest BCUT2D eigenvalue weighted by atomic mass is 19.1. The number of ketones is 1. The Kier molecular flexibility index (Phi) is 5.98. The van der Waals surface area contributed by atoms with Crippen LogP contribution in [0.25, 0.3) is 0 Å². The molecule has 6 nitrogen and oxygen atoms in total. The molecule has 1 aromatic carbocycles. The van der Waals surface area contributed by atoms with Crippen LogP contribution in [0, 0.1) is 0 Å². The second-order valence-electron chi connectivity index (χ2n) is 4.44. The molecule has 0 aromatic heterocycles. The van der Waals surface area contributed by atoms with Gasteiger partial charge in [-0.3, -0.25) is 9.59 Å². The van der Waals surface area contributed by atoms with Gasteiger partial charge in [0.15, 0.2) is 18.1 Å². The van der Waals surface area contributed by atoms with Gasteiger partial charge >= 0.3 is 5.97 Å². The minimum atomic E-state index is -2.29. The first kappa shape index (κ1) is 16.8. The number of anilines is 1. The van der Waals surface area contributed by atoms with Gasteiger partial charge in [0.25, 0.3) is 0 Å². The molecule has 0 bridgehead atoms. The molecule has 0 aliphatic rings. The van der Waals surface area contributed by atoms with Crippen molar-refractivity contribution in [3.05, 3.63) is 29.8 Å². The van der Waals surface area contributed by atoms with E-state index in [1.165, 1.54) is 6.92 Å². The van der Waals surface area contributed by atoms with Gasteiger partial charge < -0.3 is 15.2 Å². The van der Waals surface area contributed by atoms with E-state index in [2.05, 4.69) is 5.32 Å². The molecular weight excluding hydrogens is 281 g/mol. The topological polar surface area (TPSA) is 92.7 Å². The van der Waals surface area contributed by atoms with Gasteiger partial charge in [0, 0.05) is 12.6 Å². The van der Waals surface area contributed by atoms with Crippen molar-refractivity contribution in [2.24, 2.45) is 0 Å². The van der Waals surface area contributed by atoms with E-state index in [0.29, 0.717) is 11.3 Å². The van der Waals surface area contributed by atoms with Crippen molar-refractivity contribution in [2.45, 2.75) is 32.7 Å². The highest BCUT2D eigenvalue weighted by molar-refractivity contribution is 5.89. The lowest BCUT2D eigenvalue weighted by molar-refractivity contribution is -0.160. The first-order valence-electron chi connectivity index (χ1n) is 6.17. The molecule has 0 radical (unpaired) electrons. The van der Waals surface area contributed by atoms with Crippen molar-refractivity contribution in [3.8, 4) is 0 Å². The zero-order valence-electron chi connectivity index (χ0n) is 11.6. The lowest BCUT2D eigenvalue weighted by atomic mass is 10.1. The Bertz CT molecular complexity index is 529. The normalized spacial score (nSPS) is 13.1. The third kappa shape index (κ3) is 5.31. The number of esters is 1. The monoisotopic (exact) mass is 297 g/mol. The Hall–Kier alpha value is -2.28. The number of amides is 1. The average molecular weight is 297 g/mol. The zero-order chi connectivity index (χ0) is 16.0. The number of benzene rings is 1. The predicted octanol–water partition coefficient (Wildman–Crippen LogP) is 0.976. The summed E-state index contributed by atoms with van der Waals surface area (Å²) < 4.78 is 17.8. The summed E-state index contributed by atoms with van der Waals surface area (Å²) in [5.41, 5.74) is 1.17. The quantitative estimate of drug-likeness (QED) is 0.763. The smallest absolute Gasteiger partial charge is 0.338 e. The summed E-state index contributed by atoms with van der Waals surface area (Å²) in [5, 5.41) is 11.8. The number of aliphatic hydroxyl groups is 1. The summed E-state index contributed by atoms with van der Waals surface area (Å²) in [7, 11) is 0.